The Bertz CT molecular complexity index is 631. The molecule has 30 heavy (non-hydrogen) atoms. The van der Waals surface area contributed by atoms with Crippen molar-refractivity contribution in [2.24, 2.45) is 0 Å². The molecule has 0 aromatic carbocycles. The Balaban J connectivity index is 2.23. The molecule has 2 aliphatic rings. The maximum atomic E-state index is 12.1. The molecule has 0 aromatic rings. The van der Waals surface area contributed by atoms with Gasteiger partial charge in [-0.1, -0.05) is 0 Å². The Morgan fingerprint density at radius 1 is 0.933 bits per heavy atom. The fraction of sp³-hybridized carbons (Fsp3) is 0.789. The lowest BCUT2D eigenvalue weighted by Gasteiger charge is -2.39. The van der Waals surface area contributed by atoms with Gasteiger partial charge >= 0.3 is 11.9 Å². The molecule has 170 valence electrons. The van der Waals surface area contributed by atoms with Crippen LogP contribution in [-0.4, -0.2) is 138 Å². The fourth-order valence-corrected chi connectivity index (χ4v) is 4.01. The van der Waals surface area contributed by atoms with Gasteiger partial charge in [0.15, 0.2) is 0 Å². The molecule has 2 bridgehead atoms. The smallest absolute Gasteiger partial charge is 0.317 e. The minimum atomic E-state index is -0.920. The fourth-order valence-electron chi connectivity index (χ4n) is 4.01. The van der Waals surface area contributed by atoms with Crippen molar-refractivity contribution in [2.75, 3.05) is 78.5 Å². The number of carboxylic acid groups (broad SMARTS) is 2. The van der Waals surface area contributed by atoms with E-state index in [9.17, 15) is 29.4 Å². The second-order valence-electron chi connectivity index (χ2n) is 8.04. The average molecular weight is 428 g/mol. The van der Waals surface area contributed by atoms with Crippen molar-refractivity contribution >= 4 is 23.6 Å². The van der Waals surface area contributed by atoms with Gasteiger partial charge in [-0.2, -0.15) is 0 Å². The predicted octanol–water partition coefficient (Wildman–Crippen LogP) is -2.15. The molecule has 2 atom stereocenters. The highest BCUT2D eigenvalue weighted by molar-refractivity contribution is 5.78. The topological polar surface area (TPSA) is 134 Å². The summed E-state index contributed by atoms with van der Waals surface area (Å²) < 4.78 is 0. The van der Waals surface area contributed by atoms with E-state index in [1.54, 1.807) is 0 Å². The number of amides is 1. The molecule has 2 fully saturated rings. The Labute approximate surface area is 176 Å². The molecule has 11 nitrogen and oxygen atoms in total. The van der Waals surface area contributed by atoms with Crippen LogP contribution in [0.15, 0.2) is 0 Å². The maximum absolute atomic E-state index is 12.1. The van der Waals surface area contributed by atoms with Crippen LogP contribution in [0, 0.1) is 0 Å². The van der Waals surface area contributed by atoms with E-state index in [4.69, 9.17) is 0 Å². The van der Waals surface area contributed by atoms with Gasteiger partial charge in [-0.15, -0.1) is 0 Å². The number of ketones is 1. The third-order valence-electron chi connectivity index (χ3n) is 5.46. The number of carbonyl (C=O) groups excluding carboxylic acids is 2. The standard InChI is InChI=1S/C19H33N5O6/c1-15(25)10-21-4-5-22(13-18(27)28)6-7-23-11-16(2-3-20-17(26)12-23)24(9-8-21)14-19(29)30/h16H,2-14H2,1H3,(H,20,26)(H,27,28)(H,29,30). The second kappa shape index (κ2) is 11.9. The first-order valence-electron chi connectivity index (χ1n) is 10.3. The van der Waals surface area contributed by atoms with E-state index < -0.39 is 11.9 Å². The number of hydrogen-bond acceptors (Lipinski definition) is 8. The minimum absolute atomic E-state index is 0.0107. The Hall–Kier alpha value is -2.08. The summed E-state index contributed by atoms with van der Waals surface area (Å²) in [6.45, 7) is 5.71. The lowest BCUT2D eigenvalue weighted by atomic mass is 10.1. The van der Waals surface area contributed by atoms with Gasteiger partial charge in [0, 0.05) is 58.4 Å². The molecular weight excluding hydrogens is 394 g/mol. The first-order chi connectivity index (χ1) is 14.2. The number of carbonyl (C=O) groups is 4. The lowest BCUT2D eigenvalue weighted by molar-refractivity contribution is -0.139. The van der Waals surface area contributed by atoms with E-state index in [2.05, 4.69) is 5.32 Å². The van der Waals surface area contributed by atoms with Crippen LogP contribution in [0.4, 0.5) is 0 Å². The Morgan fingerprint density at radius 2 is 1.53 bits per heavy atom. The number of carboxylic acids is 2. The number of aliphatic carboxylic acids is 2. The van der Waals surface area contributed by atoms with Gasteiger partial charge in [0.1, 0.15) is 5.78 Å². The average Bonchev–Trinajstić information content (AvgIpc) is 2.61. The first-order valence-corrected chi connectivity index (χ1v) is 10.3. The van der Waals surface area contributed by atoms with E-state index in [1.807, 2.05) is 19.6 Å². The number of Topliss-reactive ketones (excluding diaryl/α,β-unsaturated/α-hetero) is 1. The predicted molar refractivity (Wildman–Crippen MR) is 108 cm³/mol. The van der Waals surface area contributed by atoms with Crippen LogP contribution in [0.5, 0.6) is 0 Å². The van der Waals surface area contributed by atoms with Gasteiger partial charge in [-0.25, -0.2) is 0 Å². The molecule has 2 unspecified atom stereocenters. The molecule has 0 spiro atoms. The Kier molecular flexibility index (Phi) is 9.63. The summed E-state index contributed by atoms with van der Waals surface area (Å²) in [5.74, 6) is -1.90. The number of nitrogens with zero attached hydrogens (tertiary/aromatic N) is 4. The van der Waals surface area contributed by atoms with Crippen LogP contribution < -0.4 is 5.32 Å². The van der Waals surface area contributed by atoms with E-state index >= 15 is 0 Å². The molecular formula is C19H33N5O6. The highest BCUT2D eigenvalue weighted by Crippen LogP contribution is 2.11. The van der Waals surface area contributed by atoms with Gasteiger partial charge in [0.25, 0.3) is 0 Å². The van der Waals surface area contributed by atoms with Crippen molar-refractivity contribution in [2.45, 2.75) is 19.4 Å². The molecule has 11 heteroatoms. The van der Waals surface area contributed by atoms with Crippen molar-refractivity contribution < 1.29 is 29.4 Å². The van der Waals surface area contributed by atoms with Crippen LogP contribution in [0.3, 0.4) is 0 Å². The molecule has 3 N–H and O–H groups in total. The number of rotatable bonds is 6. The van der Waals surface area contributed by atoms with Crippen molar-refractivity contribution in [3.8, 4) is 0 Å². The van der Waals surface area contributed by atoms with Crippen molar-refractivity contribution in [3.05, 3.63) is 0 Å². The lowest BCUT2D eigenvalue weighted by Crippen LogP contribution is -2.55. The zero-order valence-corrected chi connectivity index (χ0v) is 17.6. The van der Waals surface area contributed by atoms with Crippen molar-refractivity contribution in [1.82, 2.24) is 24.9 Å². The summed E-state index contributed by atoms with van der Waals surface area (Å²) in [7, 11) is 0. The monoisotopic (exact) mass is 427 g/mol. The van der Waals surface area contributed by atoms with Gasteiger partial charge in [0.2, 0.25) is 5.91 Å². The van der Waals surface area contributed by atoms with Crippen LogP contribution in [0.25, 0.3) is 0 Å². The maximum Gasteiger partial charge on any atom is 0.317 e. The molecule has 1 amide bonds. The Morgan fingerprint density at radius 3 is 2.17 bits per heavy atom. The second-order valence-corrected chi connectivity index (χ2v) is 8.04. The van der Waals surface area contributed by atoms with Gasteiger partial charge in [-0.3, -0.25) is 38.8 Å². The van der Waals surface area contributed by atoms with Crippen LogP contribution in [0.2, 0.25) is 0 Å². The van der Waals surface area contributed by atoms with Crippen LogP contribution in [-0.2, 0) is 19.2 Å². The quantitative estimate of drug-likeness (QED) is 0.431. The van der Waals surface area contributed by atoms with Gasteiger partial charge in [-0.05, 0) is 13.3 Å². The summed E-state index contributed by atoms with van der Waals surface area (Å²) in [4.78, 5) is 54.1. The molecule has 2 heterocycles. The van der Waals surface area contributed by atoms with Crippen LogP contribution >= 0.6 is 0 Å². The molecule has 0 saturated carbocycles. The summed E-state index contributed by atoms with van der Waals surface area (Å²) >= 11 is 0. The van der Waals surface area contributed by atoms with Crippen LogP contribution in [0.1, 0.15) is 13.3 Å². The first kappa shape index (κ1) is 24.2. The summed E-state index contributed by atoms with van der Waals surface area (Å²) in [5, 5.41) is 21.5. The molecule has 0 aromatic heterocycles. The third-order valence-corrected chi connectivity index (χ3v) is 5.46. The number of nitrogens with one attached hydrogen (secondary N) is 1. The van der Waals surface area contributed by atoms with Gasteiger partial charge < -0.3 is 15.5 Å². The van der Waals surface area contributed by atoms with Crippen molar-refractivity contribution in [1.29, 1.82) is 0 Å². The number of hydrogen-bond donors (Lipinski definition) is 3. The van der Waals surface area contributed by atoms with E-state index in [0.29, 0.717) is 58.8 Å². The minimum Gasteiger partial charge on any atom is -0.480 e. The zero-order valence-electron chi connectivity index (χ0n) is 17.6. The summed E-state index contributed by atoms with van der Waals surface area (Å²) in [6, 6.07) is -0.0618. The van der Waals surface area contributed by atoms with E-state index in [0.717, 1.165) is 0 Å². The molecule has 0 radical (unpaired) electrons. The summed E-state index contributed by atoms with van der Waals surface area (Å²) in [5.41, 5.74) is 0. The molecule has 0 aliphatic carbocycles. The molecule has 2 saturated heterocycles. The highest BCUT2D eigenvalue weighted by Gasteiger charge is 2.28. The highest BCUT2D eigenvalue weighted by atomic mass is 16.4. The van der Waals surface area contributed by atoms with E-state index in [-0.39, 0.29) is 43.9 Å². The molecule has 2 rings (SSSR count). The van der Waals surface area contributed by atoms with Gasteiger partial charge in [0.05, 0.1) is 26.2 Å². The SMILES string of the molecule is CC(=O)CN1CCN(CC(=O)O)CCN2CC(=O)NCCC(C2)N(CC(=O)O)CC1. The normalized spacial score (nSPS) is 25.8. The van der Waals surface area contributed by atoms with Crippen molar-refractivity contribution in [3.63, 3.8) is 0 Å². The van der Waals surface area contributed by atoms with E-state index in [1.165, 1.54) is 6.92 Å². The third kappa shape index (κ3) is 8.74. The largest absolute Gasteiger partial charge is 0.480 e. The number of fused-ring (bicyclic) bond motifs is 2. The summed E-state index contributed by atoms with van der Waals surface area (Å²) in [6.07, 6.45) is 0.626. The zero-order chi connectivity index (χ0) is 22.1. The molecule has 2 aliphatic heterocycles.